The van der Waals surface area contributed by atoms with Crippen LogP contribution in [0.3, 0.4) is 0 Å². The molecule has 9 heteroatoms. The predicted octanol–water partition coefficient (Wildman–Crippen LogP) is 4.83. The fourth-order valence-electron chi connectivity index (χ4n) is 4.51. The summed E-state index contributed by atoms with van der Waals surface area (Å²) >= 11 is 1.41. The molecule has 2 aromatic rings. The number of aliphatic hydroxyl groups is 1. The van der Waals surface area contributed by atoms with Gasteiger partial charge in [0.05, 0.1) is 28.3 Å². The minimum atomic E-state index is -3.66. The van der Waals surface area contributed by atoms with E-state index in [2.05, 4.69) is 23.5 Å². The highest BCUT2D eigenvalue weighted by molar-refractivity contribution is 7.98. The Balaban J connectivity index is 2.16. The lowest BCUT2D eigenvalue weighted by atomic mass is 9.81. The minimum Gasteiger partial charge on any atom is -0.489 e. The number of esters is 1. The minimum absolute atomic E-state index is 0.0513. The number of rotatable bonds is 10. The van der Waals surface area contributed by atoms with Crippen LogP contribution in [0.1, 0.15) is 39.5 Å². The van der Waals surface area contributed by atoms with Crippen LogP contribution in [0.25, 0.3) is 0 Å². The van der Waals surface area contributed by atoms with Crippen LogP contribution in [-0.4, -0.2) is 57.9 Å². The summed E-state index contributed by atoms with van der Waals surface area (Å²) in [5, 5.41) is 9.97. The smallest absolute Gasteiger partial charge is 0.338 e. The van der Waals surface area contributed by atoms with Crippen LogP contribution >= 0.6 is 11.8 Å². The first-order valence-corrected chi connectivity index (χ1v) is 14.7. The first-order valence-electron chi connectivity index (χ1n) is 11.9. The van der Waals surface area contributed by atoms with Crippen LogP contribution in [0.4, 0.5) is 11.4 Å². The maximum atomic E-state index is 13.8. The molecule has 0 spiro atoms. The Bertz CT molecular complexity index is 1120. The van der Waals surface area contributed by atoms with Crippen molar-refractivity contribution in [2.24, 2.45) is 5.41 Å². The van der Waals surface area contributed by atoms with Crippen LogP contribution in [0.5, 0.6) is 5.75 Å². The summed E-state index contributed by atoms with van der Waals surface area (Å²) < 4.78 is 38.0. The van der Waals surface area contributed by atoms with E-state index in [1.54, 1.807) is 6.07 Å². The van der Waals surface area contributed by atoms with E-state index in [0.717, 1.165) is 36.3 Å². The third-order valence-corrected chi connectivity index (χ3v) is 9.36. The molecule has 0 aliphatic carbocycles. The Labute approximate surface area is 212 Å². The highest BCUT2D eigenvalue weighted by Gasteiger charge is 2.42. The summed E-state index contributed by atoms with van der Waals surface area (Å²) in [6, 6.07) is 13.2. The Kier molecular flexibility index (Phi) is 9.12. The van der Waals surface area contributed by atoms with Crippen molar-refractivity contribution in [3.8, 4) is 5.75 Å². The molecule has 0 amide bonds. The highest BCUT2D eigenvalue weighted by atomic mass is 32.2. The number of fused-ring (bicyclic) bond motifs is 1. The van der Waals surface area contributed by atoms with Crippen LogP contribution in [0.15, 0.2) is 52.3 Å². The molecule has 0 radical (unpaired) electrons. The van der Waals surface area contributed by atoms with Crippen LogP contribution in [0.2, 0.25) is 0 Å². The van der Waals surface area contributed by atoms with E-state index in [0.29, 0.717) is 18.0 Å². The average Bonchev–Trinajstić information content (AvgIpc) is 2.97. The van der Waals surface area contributed by atoms with Gasteiger partial charge in [-0.25, -0.2) is 13.2 Å². The molecule has 0 unspecified atom stereocenters. The van der Waals surface area contributed by atoms with Gasteiger partial charge in [-0.2, -0.15) is 0 Å². The highest BCUT2D eigenvalue weighted by Crippen LogP contribution is 2.47. The number of benzene rings is 2. The second-order valence-corrected chi connectivity index (χ2v) is 11.8. The van der Waals surface area contributed by atoms with Gasteiger partial charge in [0.25, 0.3) is 0 Å². The summed E-state index contributed by atoms with van der Waals surface area (Å²) in [6.45, 7) is 4.45. The van der Waals surface area contributed by atoms with E-state index in [4.69, 9.17) is 4.74 Å². The topological polar surface area (TPSA) is 93.1 Å². The number of hydrogen-bond donors (Lipinski definition) is 1. The van der Waals surface area contributed by atoms with Crippen molar-refractivity contribution < 1.29 is 27.8 Å². The molecule has 2 aromatic carbocycles. The number of para-hydroxylation sites is 1. The van der Waals surface area contributed by atoms with Crippen molar-refractivity contribution in [3.05, 3.63) is 42.5 Å². The molecule has 2 atom stereocenters. The zero-order valence-electron chi connectivity index (χ0n) is 20.8. The molecular weight excluding hydrogens is 486 g/mol. The molecule has 192 valence electrons. The zero-order chi connectivity index (χ0) is 25.6. The number of unbranched alkanes of at least 4 members (excludes halogenated alkanes) is 1. The summed E-state index contributed by atoms with van der Waals surface area (Å²) in [6.07, 6.45) is 3.93. The van der Waals surface area contributed by atoms with Gasteiger partial charge in [-0.1, -0.05) is 44.9 Å². The van der Waals surface area contributed by atoms with E-state index >= 15 is 0 Å². The molecule has 0 fully saturated rings. The number of carbonyl (C=O) groups is 1. The fourth-order valence-corrected chi connectivity index (χ4v) is 7.24. The molecule has 35 heavy (non-hydrogen) atoms. The molecule has 1 heterocycles. The SMILES string of the molecule is CCCC[C@]1(CC)CN(c2ccccc2)c2cc(SC)c(OC[C@@H](O)C(=O)OC)cc2S(=O)(=O)C1. The Hall–Kier alpha value is -2.23. The third kappa shape index (κ3) is 6.13. The molecule has 0 saturated carbocycles. The van der Waals surface area contributed by atoms with E-state index in [1.807, 2.05) is 42.7 Å². The van der Waals surface area contributed by atoms with Crippen molar-refractivity contribution in [2.75, 3.05) is 37.2 Å². The lowest BCUT2D eigenvalue weighted by molar-refractivity contribution is -0.151. The number of anilines is 2. The maximum Gasteiger partial charge on any atom is 0.338 e. The lowest BCUT2D eigenvalue weighted by Crippen LogP contribution is -2.37. The first-order chi connectivity index (χ1) is 16.7. The fraction of sp³-hybridized carbons (Fsp3) is 0.500. The number of thioether (sulfide) groups is 1. The normalized spacial score (nSPS) is 20.0. The average molecular weight is 522 g/mol. The van der Waals surface area contributed by atoms with Crippen molar-refractivity contribution in [3.63, 3.8) is 0 Å². The number of hydrogen-bond acceptors (Lipinski definition) is 8. The standard InChI is InChI=1S/C26H35NO6S2/c1-5-7-13-26(6-2)17-27(19-11-9-8-10-12-19)20-14-23(34-4)22(15-24(20)35(30,31)18-26)33-16-21(28)25(29)32-3/h8-12,14-15,21,28H,5-7,13,16-18H2,1-4H3/t21-,26-/m1/s1. The van der Waals surface area contributed by atoms with Crippen LogP contribution in [0, 0.1) is 5.41 Å². The molecule has 0 bridgehead atoms. The number of sulfone groups is 1. The Morgan fingerprint density at radius 3 is 2.54 bits per heavy atom. The monoisotopic (exact) mass is 521 g/mol. The van der Waals surface area contributed by atoms with Crippen LogP contribution < -0.4 is 9.64 Å². The lowest BCUT2D eigenvalue weighted by Gasteiger charge is -2.36. The van der Waals surface area contributed by atoms with Gasteiger partial charge in [-0.3, -0.25) is 0 Å². The second-order valence-electron chi connectivity index (χ2n) is 8.96. The Morgan fingerprint density at radius 1 is 1.23 bits per heavy atom. The first kappa shape index (κ1) is 27.4. The number of carbonyl (C=O) groups excluding carboxylic acids is 1. The molecular formula is C26H35NO6S2. The quantitative estimate of drug-likeness (QED) is 0.351. The molecule has 3 rings (SSSR count). The van der Waals surface area contributed by atoms with Gasteiger partial charge in [0.15, 0.2) is 15.9 Å². The van der Waals surface area contributed by atoms with E-state index in [9.17, 15) is 18.3 Å². The second kappa shape index (κ2) is 11.7. The van der Waals surface area contributed by atoms with Crippen molar-refractivity contribution in [2.45, 2.75) is 55.4 Å². The van der Waals surface area contributed by atoms with Gasteiger partial charge >= 0.3 is 5.97 Å². The van der Waals surface area contributed by atoms with Crippen molar-refractivity contribution in [1.29, 1.82) is 0 Å². The number of nitrogens with zero attached hydrogens (tertiary/aromatic N) is 1. The van der Waals surface area contributed by atoms with E-state index < -0.39 is 27.3 Å². The van der Waals surface area contributed by atoms with Crippen molar-refractivity contribution in [1.82, 2.24) is 0 Å². The molecule has 0 aromatic heterocycles. The van der Waals surface area contributed by atoms with Crippen molar-refractivity contribution >= 4 is 38.9 Å². The molecule has 1 aliphatic heterocycles. The summed E-state index contributed by atoms with van der Waals surface area (Å²) in [5.74, 6) is -0.444. The number of ether oxygens (including phenoxy) is 2. The van der Waals surface area contributed by atoms with Gasteiger partial charge in [-0.05, 0) is 37.3 Å². The number of methoxy groups -OCH3 is 1. The molecule has 1 aliphatic rings. The van der Waals surface area contributed by atoms with E-state index in [-0.39, 0.29) is 17.3 Å². The van der Waals surface area contributed by atoms with Gasteiger partial charge in [0.1, 0.15) is 12.4 Å². The molecule has 7 nitrogen and oxygen atoms in total. The zero-order valence-corrected chi connectivity index (χ0v) is 22.5. The molecule has 1 N–H and O–H groups in total. The third-order valence-electron chi connectivity index (χ3n) is 6.61. The summed E-state index contributed by atoms with van der Waals surface area (Å²) in [4.78, 5) is 14.6. The summed E-state index contributed by atoms with van der Waals surface area (Å²) in [5.41, 5.74) is 1.15. The Morgan fingerprint density at radius 2 is 1.94 bits per heavy atom. The largest absolute Gasteiger partial charge is 0.489 e. The number of aliphatic hydroxyl groups excluding tert-OH is 1. The molecule has 0 saturated heterocycles. The van der Waals surface area contributed by atoms with Crippen LogP contribution in [-0.2, 0) is 19.4 Å². The van der Waals surface area contributed by atoms with Gasteiger partial charge in [-0.15, -0.1) is 11.8 Å². The van der Waals surface area contributed by atoms with E-state index in [1.165, 1.54) is 18.9 Å². The maximum absolute atomic E-state index is 13.8. The van der Waals surface area contributed by atoms with Gasteiger partial charge in [0, 0.05) is 23.7 Å². The summed E-state index contributed by atoms with van der Waals surface area (Å²) in [7, 11) is -2.48. The van der Waals surface area contributed by atoms with Gasteiger partial charge < -0.3 is 19.5 Å². The predicted molar refractivity (Wildman–Crippen MR) is 139 cm³/mol. The van der Waals surface area contributed by atoms with Gasteiger partial charge in [0.2, 0.25) is 0 Å².